The molecule has 2 aromatic rings. The molecule has 0 fully saturated rings. The molecule has 2 rings (SSSR count). The van der Waals surface area contributed by atoms with E-state index in [9.17, 15) is 0 Å². The van der Waals surface area contributed by atoms with E-state index in [1.54, 1.807) is 29.3 Å². The molecule has 2 aromatic heterocycles. The van der Waals surface area contributed by atoms with Gasteiger partial charge in [0.25, 0.3) is 0 Å². The highest BCUT2D eigenvalue weighted by molar-refractivity contribution is 5.29. The molecule has 0 radical (unpaired) electrons. The zero-order chi connectivity index (χ0) is 6.97. The number of nitrogens with zero attached hydrogens (tertiary/aromatic N) is 2. The molecule has 0 spiro atoms. The Balaban J connectivity index is 2.99. The zero-order valence-corrected chi connectivity index (χ0v) is 5.11. The Morgan fingerprint density at radius 3 is 3.40 bits per heavy atom. The Kier molecular flexibility index (Phi) is 0.887. The Hall–Kier alpha value is -1.58. The van der Waals surface area contributed by atoms with Crippen LogP contribution >= 0.6 is 0 Å². The Labute approximate surface area is 56.3 Å². The van der Waals surface area contributed by atoms with Crippen LogP contribution in [0.1, 0.15) is 0 Å². The van der Waals surface area contributed by atoms with E-state index in [2.05, 4.69) is 4.98 Å². The third kappa shape index (κ3) is 0.621. The topological polar surface area (TPSA) is 54.3 Å². The van der Waals surface area contributed by atoms with Crippen LogP contribution in [0, 0.1) is 5.41 Å². The molecule has 2 heterocycles. The van der Waals surface area contributed by atoms with E-state index in [0.717, 1.165) is 0 Å². The average molecular weight is 135 g/mol. The van der Waals surface area contributed by atoms with Gasteiger partial charge >= 0.3 is 0 Å². The SMILES string of the molecule is N=c1cc2occn2cn1. The van der Waals surface area contributed by atoms with Crippen LogP contribution < -0.4 is 5.49 Å². The van der Waals surface area contributed by atoms with Crippen molar-refractivity contribution in [2.24, 2.45) is 0 Å². The van der Waals surface area contributed by atoms with Gasteiger partial charge in [-0.1, -0.05) is 0 Å². The summed E-state index contributed by atoms with van der Waals surface area (Å²) in [6.45, 7) is 0. The molecule has 0 aromatic carbocycles. The standard InChI is InChI=1S/C6H5N3O/c7-5-3-6-9(4-8-5)1-2-10-6/h1-4,7H. The molecule has 10 heavy (non-hydrogen) atoms. The van der Waals surface area contributed by atoms with Crippen molar-refractivity contribution >= 4 is 5.71 Å². The van der Waals surface area contributed by atoms with Gasteiger partial charge in [0.1, 0.15) is 12.6 Å². The number of hydrogen-bond donors (Lipinski definition) is 1. The van der Waals surface area contributed by atoms with Crippen molar-refractivity contribution in [3.63, 3.8) is 0 Å². The second-order valence-corrected chi connectivity index (χ2v) is 1.92. The Morgan fingerprint density at radius 1 is 1.60 bits per heavy atom. The number of aromatic nitrogens is 2. The first kappa shape index (κ1) is 5.22. The van der Waals surface area contributed by atoms with Crippen molar-refractivity contribution < 1.29 is 4.42 Å². The first-order chi connectivity index (χ1) is 4.86. The third-order valence-electron chi connectivity index (χ3n) is 1.25. The minimum atomic E-state index is 0.218. The molecular formula is C6H5N3O. The summed E-state index contributed by atoms with van der Waals surface area (Å²) in [4.78, 5) is 3.75. The van der Waals surface area contributed by atoms with Crippen LogP contribution in [0.2, 0.25) is 0 Å². The summed E-state index contributed by atoms with van der Waals surface area (Å²) in [5, 5.41) is 7.13. The number of oxazole rings is 1. The molecule has 0 aliphatic heterocycles. The van der Waals surface area contributed by atoms with Crippen LogP contribution in [0.25, 0.3) is 5.71 Å². The molecule has 1 N–H and O–H groups in total. The highest BCUT2D eigenvalue weighted by Crippen LogP contribution is 1.96. The lowest BCUT2D eigenvalue weighted by Crippen LogP contribution is -2.04. The minimum Gasteiger partial charge on any atom is -0.446 e. The maximum Gasteiger partial charge on any atom is 0.208 e. The molecule has 4 heteroatoms. The predicted octanol–water partition coefficient (Wildman–Crippen LogP) is 0.407. The van der Waals surface area contributed by atoms with Gasteiger partial charge in [-0.05, 0) is 0 Å². The molecule has 50 valence electrons. The highest BCUT2D eigenvalue weighted by atomic mass is 16.3. The lowest BCUT2D eigenvalue weighted by Gasteiger charge is -1.86. The minimum absolute atomic E-state index is 0.218. The molecule has 0 aliphatic carbocycles. The molecular weight excluding hydrogens is 130 g/mol. The Bertz CT molecular complexity index is 400. The first-order valence-corrected chi connectivity index (χ1v) is 2.82. The van der Waals surface area contributed by atoms with Gasteiger partial charge in [-0.2, -0.15) is 0 Å². The van der Waals surface area contributed by atoms with Crippen molar-refractivity contribution in [2.75, 3.05) is 0 Å². The van der Waals surface area contributed by atoms with Gasteiger partial charge in [0.05, 0.1) is 0 Å². The quantitative estimate of drug-likeness (QED) is 0.568. The fourth-order valence-corrected chi connectivity index (χ4v) is 0.783. The summed E-state index contributed by atoms with van der Waals surface area (Å²) in [5.74, 6) is 0. The number of fused-ring (bicyclic) bond motifs is 1. The van der Waals surface area contributed by atoms with Crippen LogP contribution in [0.5, 0.6) is 0 Å². The number of rotatable bonds is 0. The fraction of sp³-hybridized carbons (Fsp3) is 0. The van der Waals surface area contributed by atoms with E-state index in [1.807, 2.05) is 0 Å². The highest BCUT2D eigenvalue weighted by Gasteiger charge is 1.90. The van der Waals surface area contributed by atoms with Crippen molar-refractivity contribution in [1.29, 1.82) is 5.41 Å². The van der Waals surface area contributed by atoms with Crippen LogP contribution in [-0.2, 0) is 0 Å². The van der Waals surface area contributed by atoms with Crippen molar-refractivity contribution in [2.45, 2.75) is 0 Å². The van der Waals surface area contributed by atoms with Crippen molar-refractivity contribution in [3.8, 4) is 0 Å². The summed E-state index contributed by atoms with van der Waals surface area (Å²) < 4.78 is 6.71. The second-order valence-electron chi connectivity index (χ2n) is 1.92. The van der Waals surface area contributed by atoms with Gasteiger partial charge in [-0.25, -0.2) is 4.98 Å². The van der Waals surface area contributed by atoms with E-state index in [1.165, 1.54) is 0 Å². The summed E-state index contributed by atoms with van der Waals surface area (Å²) >= 11 is 0. The van der Waals surface area contributed by atoms with E-state index < -0.39 is 0 Å². The first-order valence-electron chi connectivity index (χ1n) is 2.82. The molecule has 0 atom stereocenters. The normalized spacial score (nSPS) is 10.4. The fourth-order valence-electron chi connectivity index (χ4n) is 0.783. The van der Waals surface area contributed by atoms with Crippen LogP contribution in [0.4, 0.5) is 0 Å². The smallest absolute Gasteiger partial charge is 0.208 e. The van der Waals surface area contributed by atoms with Crippen LogP contribution in [-0.4, -0.2) is 9.38 Å². The number of nitrogens with one attached hydrogen (secondary N) is 1. The lowest BCUT2D eigenvalue weighted by atomic mass is 10.6. The summed E-state index contributed by atoms with van der Waals surface area (Å²) in [6.07, 6.45) is 4.83. The van der Waals surface area contributed by atoms with Crippen molar-refractivity contribution in [1.82, 2.24) is 9.38 Å². The lowest BCUT2D eigenvalue weighted by molar-refractivity contribution is 0.604. The van der Waals surface area contributed by atoms with E-state index in [0.29, 0.717) is 5.71 Å². The maximum absolute atomic E-state index is 7.13. The van der Waals surface area contributed by atoms with Gasteiger partial charge in [0.15, 0.2) is 5.49 Å². The monoisotopic (exact) mass is 135 g/mol. The molecule has 0 saturated carbocycles. The molecule has 0 unspecified atom stereocenters. The maximum atomic E-state index is 7.13. The van der Waals surface area contributed by atoms with E-state index in [-0.39, 0.29) is 5.49 Å². The Morgan fingerprint density at radius 2 is 2.50 bits per heavy atom. The molecule has 0 bridgehead atoms. The molecule has 0 saturated heterocycles. The van der Waals surface area contributed by atoms with Gasteiger partial charge < -0.3 is 4.42 Å². The van der Waals surface area contributed by atoms with Crippen LogP contribution in [0.15, 0.2) is 29.3 Å². The molecule has 0 amide bonds. The summed E-state index contributed by atoms with van der Waals surface area (Å²) in [5.41, 5.74) is 0.856. The largest absolute Gasteiger partial charge is 0.446 e. The third-order valence-corrected chi connectivity index (χ3v) is 1.25. The second kappa shape index (κ2) is 1.70. The molecule has 4 nitrogen and oxygen atoms in total. The van der Waals surface area contributed by atoms with E-state index >= 15 is 0 Å². The van der Waals surface area contributed by atoms with E-state index in [4.69, 9.17) is 9.83 Å². The molecule has 0 aliphatic rings. The zero-order valence-electron chi connectivity index (χ0n) is 5.11. The predicted molar refractivity (Wildman–Crippen MR) is 33.3 cm³/mol. The van der Waals surface area contributed by atoms with Gasteiger partial charge in [0.2, 0.25) is 5.71 Å². The van der Waals surface area contributed by atoms with Gasteiger partial charge in [-0.15, -0.1) is 0 Å². The van der Waals surface area contributed by atoms with Crippen molar-refractivity contribution in [3.05, 3.63) is 30.3 Å². The average Bonchev–Trinajstić information content (AvgIpc) is 2.33. The summed E-state index contributed by atoms with van der Waals surface area (Å²) in [6, 6.07) is 1.56. The van der Waals surface area contributed by atoms with Crippen LogP contribution in [0.3, 0.4) is 0 Å². The van der Waals surface area contributed by atoms with Gasteiger partial charge in [0, 0.05) is 12.3 Å². The summed E-state index contributed by atoms with van der Waals surface area (Å²) in [7, 11) is 0. The van der Waals surface area contributed by atoms with Gasteiger partial charge in [-0.3, -0.25) is 9.81 Å². The number of hydrogen-bond acceptors (Lipinski definition) is 3.